The van der Waals surface area contributed by atoms with E-state index in [4.69, 9.17) is 6.42 Å². The van der Waals surface area contributed by atoms with Crippen LogP contribution in [-0.2, 0) is 14.1 Å². The van der Waals surface area contributed by atoms with E-state index in [-0.39, 0.29) is 19.2 Å². The third kappa shape index (κ3) is 5.32. The summed E-state index contributed by atoms with van der Waals surface area (Å²) in [5.41, 5.74) is 0. The third-order valence-corrected chi connectivity index (χ3v) is 5.87. The molecule has 5 heteroatoms. The number of ether oxygens (including phenoxy) is 1. The fourth-order valence-electron chi connectivity index (χ4n) is 1.21. The van der Waals surface area contributed by atoms with Crippen molar-refractivity contribution in [2.45, 2.75) is 26.4 Å². The van der Waals surface area contributed by atoms with Crippen LogP contribution in [0.5, 0.6) is 0 Å². The highest BCUT2D eigenvalue weighted by Crippen LogP contribution is 2.45. The van der Waals surface area contributed by atoms with Crippen LogP contribution in [0.25, 0.3) is 0 Å². The number of esters is 1. The smallest absolute Gasteiger partial charge is 0.341 e. The summed E-state index contributed by atoms with van der Waals surface area (Å²) in [7, 11) is -2.29. The van der Waals surface area contributed by atoms with Gasteiger partial charge in [0.2, 0.25) is 0 Å². The number of terminal acetylenes is 1. The monoisotopic (exact) mass is 248 g/mol. The quantitative estimate of drug-likeness (QED) is 0.394. The molecule has 0 amide bonds. The molecule has 0 radical (unpaired) electrons. The molecular weight excluding hydrogens is 230 g/mol. The summed E-state index contributed by atoms with van der Waals surface area (Å²) in [6, 6.07) is 0. The van der Waals surface area contributed by atoms with Crippen LogP contribution in [0.15, 0.2) is 0 Å². The normalized spacial score (nSPS) is 12.9. The third-order valence-electron chi connectivity index (χ3n) is 2.50. The minimum Gasteiger partial charge on any atom is -0.450 e. The maximum atomic E-state index is 13.3. The minimum absolute atomic E-state index is 0.0532. The van der Waals surface area contributed by atoms with Gasteiger partial charge in [-0.3, -0.25) is 0 Å². The van der Waals surface area contributed by atoms with E-state index in [9.17, 15) is 13.8 Å². The van der Waals surface area contributed by atoms with Gasteiger partial charge < -0.3 is 9.30 Å². The van der Waals surface area contributed by atoms with E-state index < -0.39 is 19.3 Å². The first-order valence-corrected chi connectivity index (χ1v) is 7.56. The Kier molecular flexibility index (Phi) is 7.08. The first-order valence-electron chi connectivity index (χ1n) is 5.30. The van der Waals surface area contributed by atoms with E-state index in [1.807, 2.05) is 13.8 Å². The Bertz CT molecular complexity index is 301. The van der Waals surface area contributed by atoms with Gasteiger partial charge in [-0.25, -0.2) is 9.18 Å². The molecule has 0 aliphatic rings. The van der Waals surface area contributed by atoms with Gasteiger partial charge in [0.25, 0.3) is 0 Å². The number of alkyl halides is 1. The number of hydrogen-bond acceptors (Lipinski definition) is 3. The van der Waals surface area contributed by atoms with Gasteiger partial charge in [0.1, 0.15) is 0 Å². The molecule has 0 aliphatic heterocycles. The Morgan fingerprint density at radius 2 is 2.06 bits per heavy atom. The van der Waals surface area contributed by atoms with Crippen molar-refractivity contribution in [2.24, 2.45) is 0 Å². The van der Waals surface area contributed by atoms with E-state index in [2.05, 4.69) is 10.7 Å². The lowest BCUT2D eigenvalue weighted by atomic mass is 10.3. The zero-order valence-corrected chi connectivity index (χ0v) is 10.6. The molecule has 0 heterocycles. The zero-order chi connectivity index (χ0) is 12.6. The van der Waals surface area contributed by atoms with Gasteiger partial charge in [-0.1, -0.05) is 19.8 Å². The predicted octanol–water partition coefficient (Wildman–Crippen LogP) is 2.29. The standard InChI is InChI=1S/C11H18FO3P/c1-4-8-15-11(13)10(12)7-9-16(14,5-2)6-3/h1,10H,5-9H2,2-3H3. The Hall–Kier alpha value is -0.810. The second-order valence-corrected chi connectivity index (χ2v) is 7.31. The topological polar surface area (TPSA) is 43.4 Å². The van der Waals surface area contributed by atoms with Gasteiger partial charge in [0, 0.05) is 6.16 Å². The molecule has 16 heavy (non-hydrogen) atoms. The van der Waals surface area contributed by atoms with Crippen LogP contribution in [0.2, 0.25) is 0 Å². The average Bonchev–Trinajstić information content (AvgIpc) is 2.32. The van der Waals surface area contributed by atoms with Gasteiger partial charge in [0.05, 0.1) is 7.14 Å². The number of halogens is 1. The van der Waals surface area contributed by atoms with Crippen molar-refractivity contribution in [3.05, 3.63) is 0 Å². The van der Waals surface area contributed by atoms with Crippen LogP contribution in [0.4, 0.5) is 4.39 Å². The van der Waals surface area contributed by atoms with Crippen molar-refractivity contribution in [1.29, 1.82) is 0 Å². The molecule has 0 saturated carbocycles. The number of hydrogen-bond donors (Lipinski definition) is 0. The van der Waals surface area contributed by atoms with Crippen LogP contribution in [0.3, 0.4) is 0 Å². The van der Waals surface area contributed by atoms with Gasteiger partial charge >= 0.3 is 5.97 Å². The summed E-state index contributed by atoms with van der Waals surface area (Å²) < 4.78 is 29.6. The average molecular weight is 248 g/mol. The summed E-state index contributed by atoms with van der Waals surface area (Å²) in [4.78, 5) is 11.0. The lowest BCUT2D eigenvalue weighted by molar-refractivity contribution is -0.148. The Balaban J connectivity index is 4.07. The van der Waals surface area contributed by atoms with E-state index in [1.54, 1.807) is 0 Å². The number of rotatable bonds is 7. The van der Waals surface area contributed by atoms with Crippen LogP contribution >= 0.6 is 7.14 Å². The van der Waals surface area contributed by atoms with Crippen LogP contribution in [0.1, 0.15) is 20.3 Å². The minimum atomic E-state index is -2.29. The fraction of sp³-hybridized carbons (Fsp3) is 0.727. The molecule has 0 saturated heterocycles. The van der Waals surface area contributed by atoms with Crippen molar-refractivity contribution < 1.29 is 18.5 Å². The molecule has 92 valence electrons. The molecule has 0 aliphatic carbocycles. The molecule has 0 rings (SSSR count). The summed E-state index contributed by atoms with van der Waals surface area (Å²) in [6.07, 6.45) is 4.41. The van der Waals surface area contributed by atoms with E-state index in [1.165, 1.54) is 0 Å². The highest BCUT2D eigenvalue weighted by Gasteiger charge is 2.24. The van der Waals surface area contributed by atoms with Crippen LogP contribution in [-0.4, -0.2) is 37.2 Å². The second kappa shape index (κ2) is 7.46. The van der Waals surface area contributed by atoms with Crippen LogP contribution < -0.4 is 0 Å². The predicted molar refractivity (Wildman–Crippen MR) is 62.9 cm³/mol. The van der Waals surface area contributed by atoms with Crippen molar-refractivity contribution in [3.8, 4) is 12.3 Å². The van der Waals surface area contributed by atoms with Crippen LogP contribution in [0, 0.1) is 12.3 Å². The molecule has 3 nitrogen and oxygen atoms in total. The first kappa shape index (κ1) is 15.2. The van der Waals surface area contributed by atoms with Crippen molar-refractivity contribution >= 4 is 13.1 Å². The van der Waals surface area contributed by atoms with Gasteiger partial charge in [0.15, 0.2) is 12.8 Å². The zero-order valence-electron chi connectivity index (χ0n) is 9.74. The van der Waals surface area contributed by atoms with Crippen molar-refractivity contribution in [1.82, 2.24) is 0 Å². The Morgan fingerprint density at radius 3 is 2.50 bits per heavy atom. The van der Waals surface area contributed by atoms with E-state index >= 15 is 0 Å². The molecule has 1 unspecified atom stereocenters. The maximum absolute atomic E-state index is 13.3. The Morgan fingerprint density at radius 1 is 1.50 bits per heavy atom. The van der Waals surface area contributed by atoms with E-state index in [0.29, 0.717) is 12.3 Å². The molecule has 0 aromatic heterocycles. The molecule has 0 aromatic rings. The summed E-state index contributed by atoms with van der Waals surface area (Å²) in [5, 5.41) is 0. The van der Waals surface area contributed by atoms with Crippen molar-refractivity contribution in [3.63, 3.8) is 0 Å². The molecule has 0 aromatic carbocycles. The molecule has 0 fully saturated rings. The largest absolute Gasteiger partial charge is 0.450 e. The molecular formula is C11H18FO3P. The summed E-state index contributed by atoms with van der Waals surface area (Å²) in [5.74, 6) is 1.12. The van der Waals surface area contributed by atoms with Crippen molar-refractivity contribution in [2.75, 3.05) is 25.1 Å². The van der Waals surface area contributed by atoms with Gasteiger partial charge in [-0.15, -0.1) is 6.42 Å². The number of carbonyl (C=O) groups excluding carboxylic acids is 1. The van der Waals surface area contributed by atoms with Gasteiger partial charge in [-0.05, 0) is 18.7 Å². The highest BCUT2D eigenvalue weighted by molar-refractivity contribution is 7.63. The van der Waals surface area contributed by atoms with E-state index in [0.717, 1.165) is 0 Å². The Labute approximate surface area is 96.1 Å². The lowest BCUT2D eigenvalue weighted by Gasteiger charge is -2.14. The van der Waals surface area contributed by atoms with Gasteiger partial charge in [-0.2, -0.15) is 0 Å². The first-order chi connectivity index (χ1) is 7.49. The summed E-state index contributed by atoms with van der Waals surface area (Å²) >= 11 is 0. The fourth-order valence-corrected chi connectivity index (χ4v) is 2.99. The second-order valence-electron chi connectivity index (χ2n) is 3.48. The SMILES string of the molecule is C#CCOC(=O)C(F)CCP(=O)(CC)CC. The molecule has 0 N–H and O–H groups in total. The molecule has 0 bridgehead atoms. The lowest BCUT2D eigenvalue weighted by Crippen LogP contribution is -2.20. The molecule has 0 spiro atoms. The summed E-state index contributed by atoms with van der Waals surface area (Å²) in [6.45, 7) is 3.40. The highest BCUT2D eigenvalue weighted by atomic mass is 31.2. The number of carbonyl (C=O) groups is 1. The molecule has 1 atom stereocenters. The maximum Gasteiger partial charge on any atom is 0.341 e.